The highest BCUT2D eigenvalue weighted by molar-refractivity contribution is 5.85. The topological polar surface area (TPSA) is 105 Å². The smallest absolute Gasteiger partial charge is 0.354 e. The Labute approximate surface area is 120 Å². The van der Waals surface area contributed by atoms with Gasteiger partial charge in [0.1, 0.15) is 11.4 Å². The first-order valence-corrected chi connectivity index (χ1v) is 6.14. The molecule has 0 saturated heterocycles. The normalized spacial score (nSPS) is 10.1. The molecule has 0 bridgehead atoms. The van der Waals surface area contributed by atoms with Crippen molar-refractivity contribution >= 4 is 17.3 Å². The SMILES string of the molecule is Cc1ccc([N+](=O)[O-])c(NCc2ccc(C(=O)O)nc2)c1. The molecule has 21 heavy (non-hydrogen) atoms. The van der Waals surface area contributed by atoms with Crippen LogP contribution < -0.4 is 5.32 Å². The number of carboxylic acid groups (broad SMARTS) is 1. The highest BCUT2D eigenvalue weighted by atomic mass is 16.6. The number of carboxylic acids is 1. The molecule has 0 saturated carbocycles. The summed E-state index contributed by atoms with van der Waals surface area (Å²) in [6, 6.07) is 7.82. The Morgan fingerprint density at radius 1 is 1.38 bits per heavy atom. The van der Waals surface area contributed by atoms with Gasteiger partial charge in [-0.05, 0) is 30.2 Å². The van der Waals surface area contributed by atoms with E-state index in [4.69, 9.17) is 5.11 Å². The molecule has 2 N–H and O–H groups in total. The van der Waals surface area contributed by atoms with E-state index < -0.39 is 10.9 Å². The lowest BCUT2D eigenvalue weighted by molar-refractivity contribution is -0.384. The Balaban J connectivity index is 2.14. The molecule has 0 unspecified atom stereocenters. The summed E-state index contributed by atoms with van der Waals surface area (Å²) in [4.78, 5) is 25.0. The number of nitro groups is 1. The van der Waals surface area contributed by atoms with E-state index in [9.17, 15) is 14.9 Å². The molecule has 1 aromatic heterocycles. The van der Waals surface area contributed by atoms with Crippen LogP contribution in [0, 0.1) is 17.0 Å². The lowest BCUT2D eigenvalue weighted by Gasteiger charge is -2.08. The van der Waals surface area contributed by atoms with Gasteiger partial charge in [-0.15, -0.1) is 0 Å². The van der Waals surface area contributed by atoms with E-state index in [2.05, 4.69) is 10.3 Å². The first-order chi connectivity index (χ1) is 9.97. The summed E-state index contributed by atoms with van der Waals surface area (Å²) in [5, 5.41) is 22.7. The van der Waals surface area contributed by atoms with E-state index in [-0.39, 0.29) is 11.4 Å². The summed E-state index contributed by atoms with van der Waals surface area (Å²) in [7, 11) is 0. The van der Waals surface area contributed by atoms with Crippen molar-refractivity contribution in [1.29, 1.82) is 0 Å². The van der Waals surface area contributed by atoms with Gasteiger partial charge in [0.2, 0.25) is 0 Å². The second-order valence-corrected chi connectivity index (χ2v) is 4.49. The van der Waals surface area contributed by atoms with Crippen molar-refractivity contribution in [1.82, 2.24) is 4.98 Å². The number of nitrogens with zero attached hydrogens (tertiary/aromatic N) is 2. The van der Waals surface area contributed by atoms with Gasteiger partial charge >= 0.3 is 5.97 Å². The minimum atomic E-state index is -1.09. The molecular formula is C14H13N3O4. The van der Waals surface area contributed by atoms with Crippen LogP contribution in [0.4, 0.5) is 11.4 Å². The van der Waals surface area contributed by atoms with Crippen molar-refractivity contribution in [2.45, 2.75) is 13.5 Å². The lowest BCUT2D eigenvalue weighted by atomic mass is 10.2. The molecule has 7 heteroatoms. The molecule has 0 aliphatic carbocycles. The number of hydrogen-bond acceptors (Lipinski definition) is 5. The predicted octanol–water partition coefficient (Wildman–Crippen LogP) is 2.61. The number of nitrogens with one attached hydrogen (secondary N) is 1. The minimum Gasteiger partial charge on any atom is -0.477 e. The average Bonchev–Trinajstić information content (AvgIpc) is 2.45. The van der Waals surface area contributed by atoms with Crippen LogP contribution in [-0.2, 0) is 6.54 Å². The first-order valence-electron chi connectivity index (χ1n) is 6.14. The number of anilines is 1. The van der Waals surface area contributed by atoms with Crippen molar-refractivity contribution < 1.29 is 14.8 Å². The number of nitro benzene ring substituents is 1. The molecule has 1 aromatic carbocycles. The van der Waals surface area contributed by atoms with Crippen LogP contribution in [0.15, 0.2) is 36.5 Å². The van der Waals surface area contributed by atoms with Crippen LogP contribution in [0.25, 0.3) is 0 Å². The quantitative estimate of drug-likeness (QED) is 0.646. The summed E-state index contributed by atoms with van der Waals surface area (Å²) in [6.45, 7) is 2.16. The Morgan fingerprint density at radius 2 is 2.14 bits per heavy atom. The third-order valence-corrected chi connectivity index (χ3v) is 2.88. The fourth-order valence-corrected chi connectivity index (χ4v) is 1.80. The van der Waals surface area contributed by atoms with Gasteiger partial charge in [-0.2, -0.15) is 0 Å². The number of hydrogen-bond donors (Lipinski definition) is 2. The van der Waals surface area contributed by atoms with Crippen LogP contribution in [0.5, 0.6) is 0 Å². The Morgan fingerprint density at radius 3 is 2.71 bits per heavy atom. The summed E-state index contributed by atoms with van der Waals surface area (Å²) < 4.78 is 0. The fraction of sp³-hybridized carbons (Fsp3) is 0.143. The van der Waals surface area contributed by atoms with Gasteiger partial charge in [0.25, 0.3) is 5.69 Å². The zero-order valence-corrected chi connectivity index (χ0v) is 11.2. The number of rotatable bonds is 5. The zero-order chi connectivity index (χ0) is 15.4. The largest absolute Gasteiger partial charge is 0.477 e. The monoisotopic (exact) mass is 287 g/mol. The van der Waals surface area contributed by atoms with Gasteiger partial charge in [0.15, 0.2) is 0 Å². The number of aromatic nitrogens is 1. The van der Waals surface area contributed by atoms with E-state index in [0.29, 0.717) is 12.2 Å². The van der Waals surface area contributed by atoms with Crippen molar-refractivity contribution in [2.24, 2.45) is 0 Å². The van der Waals surface area contributed by atoms with E-state index in [1.807, 2.05) is 6.92 Å². The second-order valence-electron chi connectivity index (χ2n) is 4.49. The maximum Gasteiger partial charge on any atom is 0.354 e. The third-order valence-electron chi connectivity index (χ3n) is 2.88. The Kier molecular flexibility index (Phi) is 4.13. The van der Waals surface area contributed by atoms with Gasteiger partial charge in [0, 0.05) is 18.8 Å². The maximum absolute atomic E-state index is 11.0. The summed E-state index contributed by atoms with van der Waals surface area (Å²) in [5.74, 6) is -1.09. The summed E-state index contributed by atoms with van der Waals surface area (Å²) >= 11 is 0. The molecule has 0 fully saturated rings. The zero-order valence-electron chi connectivity index (χ0n) is 11.2. The van der Waals surface area contributed by atoms with Gasteiger partial charge in [-0.25, -0.2) is 9.78 Å². The lowest BCUT2D eigenvalue weighted by Crippen LogP contribution is -2.05. The molecule has 0 aliphatic heterocycles. The molecule has 1 heterocycles. The highest BCUT2D eigenvalue weighted by Crippen LogP contribution is 2.25. The molecule has 2 rings (SSSR count). The average molecular weight is 287 g/mol. The third kappa shape index (κ3) is 3.53. The summed E-state index contributed by atoms with van der Waals surface area (Å²) in [6.07, 6.45) is 1.43. The maximum atomic E-state index is 11.0. The van der Waals surface area contributed by atoms with Crippen molar-refractivity contribution in [3.8, 4) is 0 Å². The van der Waals surface area contributed by atoms with E-state index in [1.165, 1.54) is 18.3 Å². The minimum absolute atomic E-state index is 0.00397. The molecule has 0 atom stereocenters. The molecule has 108 valence electrons. The van der Waals surface area contributed by atoms with Gasteiger partial charge in [-0.3, -0.25) is 10.1 Å². The van der Waals surface area contributed by atoms with E-state index in [1.54, 1.807) is 18.2 Å². The first kappa shape index (κ1) is 14.4. The fourth-order valence-electron chi connectivity index (χ4n) is 1.80. The van der Waals surface area contributed by atoms with Crippen LogP contribution in [-0.4, -0.2) is 21.0 Å². The van der Waals surface area contributed by atoms with Crippen LogP contribution >= 0.6 is 0 Å². The van der Waals surface area contributed by atoms with Crippen molar-refractivity contribution in [2.75, 3.05) is 5.32 Å². The molecule has 0 amide bonds. The number of aryl methyl sites for hydroxylation is 1. The van der Waals surface area contributed by atoms with Crippen LogP contribution in [0.2, 0.25) is 0 Å². The molecule has 2 aromatic rings. The van der Waals surface area contributed by atoms with E-state index >= 15 is 0 Å². The number of pyridine rings is 1. The molecule has 0 radical (unpaired) electrons. The van der Waals surface area contributed by atoms with Gasteiger partial charge < -0.3 is 10.4 Å². The Hall–Kier alpha value is -2.96. The number of carbonyl (C=O) groups is 1. The summed E-state index contributed by atoms with van der Waals surface area (Å²) in [5.41, 5.74) is 2.01. The van der Waals surface area contributed by atoms with Gasteiger partial charge in [-0.1, -0.05) is 12.1 Å². The standard InChI is InChI=1S/C14H13N3O4/c1-9-2-5-13(17(20)21)12(6-9)16-8-10-3-4-11(14(18)19)15-7-10/h2-7,16H,8H2,1H3,(H,18,19). The van der Waals surface area contributed by atoms with Crippen LogP contribution in [0.1, 0.15) is 21.6 Å². The predicted molar refractivity (Wildman–Crippen MR) is 76.4 cm³/mol. The molecule has 0 aliphatic rings. The molecule has 0 spiro atoms. The molecular weight excluding hydrogens is 274 g/mol. The Bertz CT molecular complexity index is 683. The second kappa shape index (κ2) is 6.00. The van der Waals surface area contributed by atoms with Gasteiger partial charge in [0.05, 0.1) is 4.92 Å². The van der Waals surface area contributed by atoms with Crippen molar-refractivity contribution in [3.05, 3.63) is 63.5 Å². The number of benzene rings is 1. The van der Waals surface area contributed by atoms with Crippen LogP contribution in [0.3, 0.4) is 0 Å². The highest BCUT2D eigenvalue weighted by Gasteiger charge is 2.13. The van der Waals surface area contributed by atoms with E-state index in [0.717, 1.165) is 11.1 Å². The molecule has 7 nitrogen and oxygen atoms in total. The van der Waals surface area contributed by atoms with Crippen molar-refractivity contribution in [3.63, 3.8) is 0 Å². The number of aromatic carboxylic acids is 1.